The first-order valence-electron chi connectivity index (χ1n) is 11.2. The molecule has 0 aliphatic carbocycles. The second kappa shape index (κ2) is 9.22. The molecule has 4 heterocycles. The van der Waals surface area contributed by atoms with Gasteiger partial charge in [-0.05, 0) is 42.7 Å². The zero-order chi connectivity index (χ0) is 25.4. The lowest BCUT2D eigenvalue weighted by Gasteiger charge is -2.34. The zero-order valence-corrected chi connectivity index (χ0v) is 20.3. The van der Waals surface area contributed by atoms with Crippen LogP contribution in [0.5, 0.6) is 17.5 Å². The monoisotopic (exact) mass is 508 g/mol. The summed E-state index contributed by atoms with van der Waals surface area (Å²) in [6, 6.07) is 9.61. The van der Waals surface area contributed by atoms with Crippen LogP contribution in [0.2, 0.25) is 0 Å². The summed E-state index contributed by atoms with van der Waals surface area (Å²) in [6.45, 7) is 4.46. The molecule has 0 radical (unpaired) electrons. The Hall–Kier alpha value is -4.00. The topological polar surface area (TPSA) is 155 Å². The van der Waals surface area contributed by atoms with Crippen LogP contribution in [0.25, 0.3) is 11.0 Å². The standard InChI is InChI=1S/C24H24N6O5S/c1-14(2)8-12-30-22-16(5-3-9-25-22)20(31)19(23(30)32)21-28-17-7-6-15(13-18(17)36(33,34)29-21)35-24-26-10-4-11-27-24/h3-7,9-11,13-14,31,33-34H,8,12H2,1-2H3,(H,28,29). The quantitative estimate of drug-likeness (QED) is 0.292. The van der Waals surface area contributed by atoms with Gasteiger partial charge < -0.3 is 15.2 Å². The smallest absolute Gasteiger partial charge is 0.321 e. The van der Waals surface area contributed by atoms with Gasteiger partial charge in [-0.2, -0.15) is 0 Å². The molecular formula is C24H24N6O5S. The van der Waals surface area contributed by atoms with Crippen LogP contribution in [0, 0.1) is 5.92 Å². The van der Waals surface area contributed by atoms with Crippen molar-refractivity contribution in [1.82, 2.24) is 19.5 Å². The molecule has 0 fully saturated rings. The normalized spacial score (nSPS) is 15.2. The third-order valence-electron chi connectivity index (χ3n) is 5.63. The van der Waals surface area contributed by atoms with Crippen molar-refractivity contribution in [2.45, 2.75) is 31.7 Å². The molecule has 36 heavy (non-hydrogen) atoms. The molecule has 1 aromatic carbocycles. The van der Waals surface area contributed by atoms with Gasteiger partial charge in [0.15, 0.2) is 5.84 Å². The van der Waals surface area contributed by atoms with E-state index in [2.05, 4.69) is 24.7 Å². The summed E-state index contributed by atoms with van der Waals surface area (Å²) in [7, 11) is -3.75. The predicted molar refractivity (Wildman–Crippen MR) is 137 cm³/mol. The molecule has 0 saturated carbocycles. The van der Waals surface area contributed by atoms with Crippen molar-refractivity contribution in [3.63, 3.8) is 0 Å². The van der Waals surface area contributed by atoms with Crippen molar-refractivity contribution < 1.29 is 18.9 Å². The van der Waals surface area contributed by atoms with E-state index in [4.69, 9.17) is 4.74 Å². The number of aryl methyl sites for hydroxylation is 1. The second-order valence-corrected chi connectivity index (χ2v) is 10.3. The Bertz CT molecular complexity index is 1540. The minimum atomic E-state index is -3.75. The summed E-state index contributed by atoms with van der Waals surface area (Å²) in [5.41, 5.74) is -0.0498. The van der Waals surface area contributed by atoms with Crippen molar-refractivity contribution in [1.29, 1.82) is 0 Å². The number of aromatic nitrogens is 4. The van der Waals surface area contributed by atoms with Crippen LogP contribution in [0.3, 0.4) is 0 Å². The molecule has 3 aromatic heterocycles. The lowest BCUT2D eigenvalue weighted by molar-refractivity contribution is 0.439. The first-order chi connectivity index (χ1) is 17.2. The third kappa shape index (κ3) is 4.37. The van der Waals surface area contributed by atoms with Crippen molar-refractivity contribution in [3.8, 4) is 17.5 Å². The van der Waals surface area contributed by atoms with Crippen LogP contribution >= 0.6 is 10.8 Å². The van der Waals surface area contributed by atoms with Gasteiger partial charge in [0.05, 0.1) is 11.1 Å². The summed E-state index contributed by atoms with van der Waals surface area (Å²) in [6.07, 6.45) is 5.30. The first kappa shape index (κ1) is 23.7. The Morgan fingerprint density at radius 2 is 1.83 bits per heavy atom. The second-order valence-electron chi connectivity index (χ2n) is 8.61. The van der Waals surface area contributed by atoms with Crippen LogP contribution < -0.4 is 15.6 Å². The zero-order valence-electron chi connectivity index (χ0n) is 19.5. The fourth-order valence-electron chi connectivity index (χ4n) is 3.85. The lowest BCUT2D eigenvalue weighted by atomic mass is 10.1. The molecule has 1 aliphatic rings. The number of amidine groups is 1. The molecule has 12 heteroatoms. The van der Waals surface area contributed by atoms with Gasteiger partial charge in [-0.1, -0.05) is 24.6 Å². The predicted octanol–water partition coefficient (Wildman–Crippen LogP) is 4.63. The number of aromatic hydroxyl groups is 1. The highest BCUT2D eigenvalue weighted by atomic mass is 32.3. The number of pyridine rings is 2. The molecule has 1 aliphatic heterocycles. The van der Waals surface area contributed by atoms with E-state index in [1.54, 1.807) is 36.5 Å². The van der Waals surface area contributed by atoms with E-state index < -0.39 is 16.3 Å². The summed E-state index contributed by atoms with van der Waals surface area (Å²) >= 11 is 0. The van der Waals surface area contributed by atoms with Crippen LogP contribution in [-0.4, -0.2) is 39.6 Å². The molecule has 0 saturated heterocycles. The minimum Gasteiger partial charge on any atom is -0.506 e. The molecule has 0 amide bonds. The molecule has 11 nitrogen and oxygen atoms in total. The molecule has 4 aromatic rings. The third-order valence-corrected chi connectivity index (χ3v) is 7.00. The van der Waals surface area contributed by atoms with Gasteiger partial charge in [0.2, 0.25) is 0 Å². The van der Waals surface area contributed by atoms with Crippen LogP contribution in [-0.2, 0) is 6.54 Å². The Morgan fingerprint density at radius 3 is 2.58 bits per heavy atom. The summed E-state index contributed by atoms with van der Waals surface area (Å²) in [5.74, 6) is 0.120. The van der Waals surface area contributed by atoms with Gasteiger partial charge in [-0.3, -0.25) is 18.5 Å². The average molecular weight is 509 g/mol. The number of hydrogen-bond donors (Lipinski definition) is 4. The van der Waals surface area contributed by atoms with Gasteiger partial charge in [-0.15, -0.1) is 4.40 Å². The Balaban J connectivity index is 1.59. The van der Waals surface area contributed by atoms with Crippen molar-refractivity contribution in [2.24, 2.45) is 10.3 Å². The molecule has 0 bridgehead atoms. The van der Waals surface area contributed by atoms with Gasteiger partial charge in [-0.25, -0.2) is 15.0 Å². The van der Waals surface area contributed by atoms with Crippen LogP contribution in [0.1, 0.15) is 25.8 Å². The highest BCUT2D eigenvalue weighted by Gasteiger charge is 2.31. The number of fused-ring (bicyclic) bond motifs is 2. The Labute approximate surface area is 207 Å². The van der Waals surface area contributed by atoms with E-state index in [0.717, 1.165) is 0 Å². The number of rotatable bonds is 6. The fourth-order valence-corrected chi connectivity index (χ4v) is 5.02. The van der Waals surface area contributed by atoms with E-state index in [9.17, 15) is 19.0 Å². The van der Waals surface area contributed by atoms with Crippen LogP contribution in [0.15, 0.2) is 69.1 Å². The minimum absolute atomic E-state index is 0.0711. The number of nitrogens with one attached hydrogen (secondary N) is 1. The van der Waals surface area contributed by atoms with Gasteiger partial charge in [0.1, 0.15) is 27.6 Å². The van der Waals surface area contributed by atoms with Gasteiger partial charge in [0, 0.05) is 31.2 Å². The number of anilines is 1. The Morgan fingerprint density at radius 1 is 1.08 bits per heavy atom. The molecule has 0 atom stereocenters. The van der Waals surface area contributed by atoms with E-state index >= 15 is 0 Å². The maximum absolute atomic E-state index is 13.6. The summed E-state index contributed by atoms with van der Waals surface area (Å²) in [4.78, 5) is 25.9. The maximum atomic E-state index is 13.6. The number of benzene rings is 1. The largest absolute Gasteiger partial charge is 0.506 e. The summed E-state index contributed by atoms with van der Waals surface area (Å²) < 4.78 is 32.9. The Kier molecular flexibility index (Phi) is 6.08. The SMILES string of the molecule is CC(C)CCn1c(=O)c(C2=NS(O)(O)c3cc(Oc4ncccn4)ccc3N2)c(O)c2cccnc21. The number of hydrogen-bond acceptors (Lipinski definition) is 10. The fraction of sp³-hybridized carbons (Fsp3) is 0.208. The molecule has 0 spiro atoms. The summed E-state index contributed by atoms with van der Waals surface area (Å²) in [5, 5.41) is 14.4. The molecule has 4 N–H and O–H groups in total. The maximum Gasteiger partial charge on any atom is 0.321 e. The number of nitrogens with zero attached hydrogens (tertiary/aromatic N) is 5. The molecule has 186 valence electrons. The van der Waals surface area contributed by atoms with Gasteiger partial charge >= 0.3 is 6.01 Å². The van der Waals surface area contributed by atoms with E-state index in [1.807, 2.05) is 13.8 Å². The molecule has 5 rings (SSSR count). The highest BCUT2D eigenvalue weighted by Crippen LogP contribution is 2.56. The van der Waals surface area contributed by atoms with E-state index in [0.29, 0.717) is 35.6 Å². The number of ether oxygens (including phenoxy) is 1. The molecule has 0 unspecified atom stereocenters. The van der Waals surface area contributed by atoms with Gasteiger partial charge in [0.25, 0.3) is 5.56 Å². The molecular weight excluding hydrogens is 484 g/mol. The van der Waals surface area contributed by atoms with Crippen molar-refractivity contribution >= 4 is 33.3 Å². The van der Waals surface area contributed by atoms with Crippen LogP contribution in [0.4, 0.5) is 5.69 Å². The van der Waals surface area contributed by atoms with E-state index in [-0.39, 0.29) is 33.8 Å². The van der Waals surface area contributed by atoms with Crippen molar-refractivity contribution in [2.75, 3.05) is 5.32 Å². The lowest BCUT2D eigenvalue weighted by Crippen LogP contribution is -2.32. The van der Waals surface area contributed by atoms with E-state index in [1.165, 1.54) is 23.0 Å². The highest BCUT2D eigenvalue weighted by molar-refractivity contribution is 8.23. The van der Waals surface area contributed by atoms with Crippen molar-refractivity contribution in [3.05, 3.63) is 70.9 Å². The first-order valence-corrected chi connectivity index (χ1v) is 12.7. The average Bonchev–Trinajstić information content (AvgIpc) is 2.84.